The summed E-state index contributed by atoms with van der Waals surface area (Å²) in [5.41, 5.74) is 0. The van der Waals surface area contributed by atoms with Crippen molar-refractivity contribution in [1.29, 1.82) is 0 Å². The van der Waals surface area contributed by atoms with E-state index in [0.717, 1.165) is 26.2 Å². The average Bonchev–Trinajstić information content (AvgIpc) is 2.29. The van der Waals surface area contributed by atoms with Gasteiger partial charge in [-0.2, -0.15) is 0 Å². The minimum atomic E-state index is 0.425. The second-order valence-corrected chi connectivity index (χ2v) is 4.81. The van der Waals surface area contributed by atoms with E-state index in [1.54, 1.807) is 14.2 Å². The molecule has 0 rings (SSSR count). The molecule has 0 radical (unpaired) electrons. The smallest absolute Gasteiger partial charge is 0.0615 e. The highest BCUT2D eigenvalue weighted by Crippen LogP contribution is 2.11. The lowest BCUT2D eigenvalue weighted by Gasteiger charge is -2.35. The minimum absolute atomic E-state index is 0.425. The van der Waals surface area contributed by atoms with Gasteiger partial charge < -0.3 is 14.8 Å². The molecule has 0 fully saturated rings. The Labute approximate surface area is 107 Å². The van der Waals surface area contributed by atoms with Crippen LogP contribution in [0.5, 0.6) is 0 Å². The fourth-order valence-corrected chi connectivity index (χ4v) is 2.17. The van der Waals surface area contributed by atoms with Crippen LogP contribution in [-0.2, 0) is 9.47 Å². The first-order valence-corrected chi connectivity index (χ1v) is 6.47. The molecule has 1 N–H and O–H groups in total. The predicted molar refractivity (Wildman–Crippen MR) is 72.5 cm³/mol. The molecular formula is C13H30N2O2. The van der Waals surface area contributed by atoms with Gasteiger partial charge in [0.15, 0.2) is 0 Å². The van der Waals surface area contributed by atoms with Crippen LogP contribution < -0.4 is 5.32 Å². The third kappa shape index (κ3) is 6.99. The van der Waals surface area contributed by atoms with Crippen molar-refractivity contribution in [2.24, 2.45) is 0 Å². The summed E-state index contributed by atoms with van der Waals surface area (Å²) in [6, 6.07) is 1.48. The molecule has 0 aliphatic carbocycles. The van der Waals surface area contributed by atoms with E-state index in [-0.39, 0.29) is 0 Å². The van der Waals surface area contributed by atoms with E-state index in [1.165, 1.54) is 0 Å². The van der Waals surface area contributed by atoms with E-state index >= 15 is 0 Å². The van der Waals surface area contributed by atoms with Gasteiger partial charge in [0.05, 0.1) is 13.2 Å². The normalized spacial score (nSPS) is 17.1. The van der Waals surface area contributed by atoms with Crippen LogP contribution in [0.15, 0.2) is 0 Å². The molecule has 4 heteroatoms. The maximum absolute atomic E-state index is 5.25. The van der Waals surface area contributed by atoms with Gasteiger partial charge >= 0.3 is 0 Å². The molecule has 0 aliphatic rings. The Bertz CT molecular complexity index is 179. The van der Waals surface area contributed by atoms with Crippen molar-refractivity contribution >= 4 is 0 Å². The maximum Gasteiger partial charge on any atom is 0.0615 e. The molecule has 17 heavy (non-hydrogen) atoms. The molecule has 3 unspecified atom stereocenters. The zero-order chi connectivity index (χ0) is 13.3. The fraction of sp³-hybridized carbons (Fsp3) is 1.00. The number of rotatable bonds is 10. The summed E-state index contributed by atoms with van der Waals surface area (Å²) in [5, 5.41) is 3.29. The van der Waals surface area contributed by atoms with Crippen LogP contribution in [0, 0.1) is 0 Å². The second kappa shape index (κ2) is 9.83. The summed E-state index contributed by atoms with van der Waals surface area (Å²) < 4.78 is 10.4. The Hall–Kier alpha value is -0.160. The van der Waals surface area contributed by atoms with Crippen LogP contribution in [0.4, 0.5) is 0 Å². The van der Waals surface area contributed by atoms with Crippen LogP contribution in [0.2, 0.25) is 0 Å². The molecule has 0 aromatic heterocycles. The number of nitrogens with one attached hydrogen (secondary N) is 1. The monoisotopic (exact) mass is 246 g/mol. The van der Waals surface area contributed by atoms with Crippen molar-refractivity contribution in [1.82, 2.24) is 10.2 Å². The van der Waals surface area contributed by atoms with Crippen molar-refractivity contribution in [3.63, 3.8) is 0 Å². The van der Waals surface area contributed by atoms with Gasteiger partial charge in [0, 0.05) is 38.9 Å². The van der Waals surface area contributed by atoms with E-state index in [9.17, 15) is 0 Å². The van der Waals surface area contributed by atoms with Crippen LogP contribution in [0.25, 0.3) is 0 Å². The number of ether oxygens (including phenoxy) is 2. The lowest BCUT2D eigenvalue weighted by molar-refractivity contribution is 0.0472. The Balaban J connectivity index is 4.32. The van der Waals surface area contributed by atoms with Gasteiger partial charge in [0.25, 0.3) is 0 Å². The molecule has 0 saturated carbocycles. The van der Waals surface area contributed by atoms with Gasteiger partial charge in [0.2, 0.25) is 0 Å². The molecule has 0 aromatic rings. The molecular weight excluding hydrogens is 216 g/mol. The Morgan fingerprint density at radius 2 is 1.71 bits per heavy atom. The first-order chi connectivity index (χ1) is 8.06. The molecule has 104 valence electrons. The first kappa shape index (κ1) is 16.8. The Morgan fingerprint density at radius 1 is 1.06 bits per heavy atom. The van der Waals surface area contributed by atoms with Gasteiger partial charge in [-0.25, -0.2) is 0 Å². The highest BCUT2D eigenvalue weighted by atomic mass is 16.5. The number of nitrogens with zero attached hydrogens (tertiary/aromatic N) is 1. The molecule has 0 aromatic carbocycles. The van der Waals surface area contributed by atoms with Crippen LogP contribution in [-0.4, -0.2) is 64.1 Å². The first-order valence-electron chi connectivity index (χ1n) is 6.47. The van der Waals surface area contributed by atoms with E-state index in [2.05, 4.69) is 31.0 Å². The van der Waals surface area contributed by atoms with E-state index < -0.39 is 0 Å². The van der Waals surface area contributed by atoms with E-state index in [1.807, 2.05) is 7.05 Å². The summed E-state index contributed by atoms with van der Waals surface area (Å²) in [7, 11) is 5.52. The molecule has 0 saturated heterocycles. The van der Waals surface area contributed by atoms with E-state index in [0.29, 0.717) is 18.1 Å². The molecule has 0 amide bonds. The largest absolute Gasteiger partial charge is 0.383 e. The Morgan fingerprint density at radius 3 is 2.18 bits per heavy atom. The third-order valence-electron chi connectivity index (χ3n) is 3.28. The summed E-state index contributed by atoms with van der Waals surface area (Å²) >= 11 is 0. The van der Waals surface area contributed by atoms with Gasteiger partial charge in [0.1, 0.15) is 0 Å². The zero-order valence-corrected chi connectivity index (χ0v) is 12.3. The van der Waals surface area contributed by atoms with Crippen molar-refractivity contribution < 1.29 is 9.47 Å². The van der Waals surface area contributed by atoms with Crippen molar-refractivity contribution in [2.75, 3.05) is 41.0 Å². The maximum atomic E-state index is 5.25. The SMILES string of the molecule is CNC(C)CC(C)N(CCOC)C(C)COC. The van der Waals surface area contributed by atoms with Crippen molar-refractivity contribution in [2.45, 2.75) is 45.3 Å². The molecule has 0 heterocycles. The lowest BCUT2D eigenvalue weighted by Crippen LogP contribution is -2.46. The van der Waals surface area contributed by atoms with E-state index in [4.69, 9.17) is 9.47 Å². The molecule has 3 atom stereocenters. The second-order valence-electron chi connectivity index (χ2n) is 4.81. The van der Waals surface area contributed by atoms with Gasteiger partial charge in [-0.3, -0.25) is 4.90 Å². The molecule has 0 aliphatic heterocycles. The third-order valence-corrected chi connectivity index (χ3v) is 3.28. The summed E-state index contributed by atoms with van der Waals surface area (Å²) in [6.45, 7) is 9.19. The minimum Gasteiger partial charge on any atom is -0.383 e. The van der Waals surface area contributed by atoms with Gasteiger partial charge in [-0.15, -0.1) is 0 Å². The highest BCUT2D eigenvalue weighted by molar-refractivity contribution is 4.76. The van der Waals surface area contributed by atoms with Crippen LogP contribution in [0.1, 0.15) is 27.2 Å². The summed E-state index contributed by atoms with van der Waals surface area (Å²) in [6.07, 6.45) is 1.13. The molecule has 0 spiro atoms. The number of hydrogen-bond donors (Lipinski definition) is 1. The van der Waals surface area contributed by atoms with Gasteiger partial charge in [-0.05, 0) is 34.2 Å². The summed E-state index contributed by atoms with van der Waals surface area (Å²) in [4.78, 5) is 2.46. The zero-order valence-electron chi connectivity index (χ0n) is 12.3. The molecule has 0 bridgehead atoms. The van der Waals surface area contributed by atoms with Gasteiger partial charge in [-0.1, -0.05) is 0 Å². The molecule has 4 nitrogen and oxygen atoms in total. The van der Waals surface area contributed by atoms with Crippen LogP contribution in [0.3, 0.4) is 0 Å². The van der Waals surface area contributed by atoms with Crippen molar-refractivity contribution in [3.05, 3.63) is 0 Å². The fourth-order valence-electron chi connectivity index (χ4n) is 2.17. The highest BCUT2D eigenvalue weighted by Gasteiger charge is 2.21. The standard InChI is InChI=1S/C13H30N2O2/c1-11(14-4)9-12(2)15(7-8-16-5)13(3)10-17-6/h11-14H,7-10H2,1-6H3. The lowest BCUT2D eigenvalue weighted by atomic mass is 10.1. The Kier molecular flexibility index (Phi) is 9.74. The average molecular weight is 246 g/mol. The predicted octanol–water partition coefficient (Wildman–Crippen LogP) is 1.36. The summed E-state index contributed by atoms with van der Waals surface area (Å²) in [5.74, 6) is 0. The number of hydrogen-bond acceptors (Lipinski definition) is 4. The quantitative estimate of drug-likeness (QED) is 0.631. The number of methoxy groups -OCH3 is 2. The van der Waals surface area contributed by atoms with Crippen molar-refractivity contribution in [3.8, 4) is 0 Å². The topological polar surface area (TPSA) is 33.7 Å². The van der Waals surface area contributed by atoms with Crippen LogP contribution >= 0.6 is 0 Å².